The highest BCUT2D eigenvalue weighted by molar-refractivity contribution is 5.96. The Kier molecular flexibility index (Phi) is 5.73. The average Bonchev–Trinajstić information content (AvgIpc) is 2.76. The van der Waals surface area contributed by atoms with Gasteiger partial charge in [0.15, 0.2) is 0 Å². The van der Waals surface area contributed by atoms with E-state index >= 15 is 0 Å². The first-order chi connectivity index (χ1) is 9.09. The molecule has 5 nitrogen and oxygen atoms in total. The van der Waals surface area contributed by atoms with Crippen molar-refractivity contribution in [2.24, 2.45) is 5.73 Å². The van der Waals surface area contributed by atoms with Crippen molar-refractivity contribution in [1.29, 1.82) is 0 Å². The van der Waals surface area contributed by atoms with Gasteiger partial charge in [0.2, 0.25) is 0 Å². The highest BCUT2D eigenvalue weighted by Crippen LogP contribution is 2.13. The average molecular weight is 296 g/mol. The Morgan fingerprint density at radius 3 is 2.55 bits per heavy atom. The highest BCUT2D eigenvalue weighted by atomic mass is 35.5. The van der Waals surface area contributed by atoms with E-state index in [0.717, 1.165) is 5.56 Å². The van der Waals surface area contributed by atoms with Crippen molar-refractivity contribution in [3.05, 3.63) is 52.9 Å². The van der Waals surface area contributed by atoms with Crippen LogP contribution in [0.4, 0.5) is 0 Å². The van der Waals surface area contributed by atoms with Gasteiger partial charge >= 0.3 is 0 Å². The molecule has 1 amide bonds. The molecule has 0 radical (unpaired) electrons. The Bertz CT molecular complexity index is 550. The van der Waals surface area contributed by atoms with Gasteiger partial charge in [-0.1, -0.05) is 35.5 Å². The van der Waals surface area contributed by atoms with Gasteiger partial charge in [-0.15, -0.1) is 12.4 Å². The third-order valence-corrected chi connectivity index (χ3v) is 2.97. The standard InChI is InChI=1S/C14H17N3O2.ClH/c1-9-13(10(2)19-17-9)14(18)16-8-12(15)11-6-4-3-5-7-11;/h3-7,12H,8,15H2,1-2H3,(H,16,18);1H. The van der Waals surface area contributed by atoms with Crippen molar-refractivity contribution in [3.8, 4) is 0 Å². The molecule has 6 heteroatoms. The molecule has 0 bridgehead atoms. The van der Waals surface area contributed by atoms with Gasteiger partial charge in [-0.3, -0.25) is 4.79 Å². The van der Waals surface area contributed by atoms with Gasteiger partial charge in [0.25, 0.3) is 5.91 Å². The zero-order valence-electron chi connectivity index (χ0n) is 11.4. The first-order valence-electron chi connectivity index (χ1n) is 6.11. The van der Waals surface area contributed by atoms with Crippen LogP contribution in [0.5, 0.6) is 0 Å². The quantitative estimate of drug-likeness (QED) is 0.905. The summed E-state index contributed by atoms with van der Waals surface area (Å²) in [5, 5.41) is 6.56. The fourth-order valence-electron chi connectivity index (χ4n) is 1.92. The van der Waals surface area contributed by atoms with Crippen LogP contribution in [0.2, 0.25) is 0 Å². The first-order valence-corrected chi connectivity index (χ1v) is 6.11. The van der Waals surface area contributed by atoms with Crippen molar-refractivity contribution in [2.45, 2.75) is 19.9 Å². The number of amides is 1. The SMILES string of the molecule is Cc1noc(C)c1C(=O)NCC(N)c1ccccc1.Cl. The van der Waals surface area contributed by atoms with E-state index in [9.17, 15) is 4.79 Å². The number of rotatable bonds is 4. The minimum Gasteiger partial charge on any atom is -0.361 e. The maximum Gasteiger partial charge on any atom is 0.256 e. The van der Waals surface area contributed by atoms with E-state index in [1.807, 2.05) is 30.3 Å². The van der Waals surface area contributed by atoms with E-state index in [4.69, 9.17) is 10.3 Å². The number of carbonyl (C=O) groups excluding carboxylic acids is 1. The lowest BCUT2D eigenvalue weighted by Crippen LogP contribution is -2.32. The van der Waals surface area contributed by atoms with E-state index in [0.29, 0.717) is 23.6 Å². The Hall–Kier alpha value is -1.85. The summed E-state index contributed by atoms with van der Waals surface area (Å²) in [4.78, 5) is 12.0. The molecule has 20 heavy (non-hydrogen) atoms. The molecule has 1 aromatic heterocycles. The van der Waals surface area contributed by atoms with Gasteiger partial charge in [0.1, 0.15) is 11.3 Å². The summed E-state index contributed by atoms with van der Waals surface area (Å²) in [5.41, 5.74) is 8.08. The largest absolute Gasteiger partial charge is 0.361 e. The lowest BCUT2D eigenvalue weighted by molar-refractivity contribution is 0.0949. The number of nitrogens with two attached hydrogens (primary N) is 1. The van der Waals surface area contributed by atoms with E-state index in [2.05, 4.69) is 10.5 Å². The van der Waals surface area contributed by atoms with Gasteiger partial charge in [-0.25, -0.2) is 0 Å². The number of hydrogen-bond donors (Lipinski definition) is 2. The maximum absolute atomic E-state index is 12.0. The summed E-state index contributed by atoms with van der Waals surface area (Å²) in [7, 11) is 0. The Balaban J connectivity index is 0.00000200. The molecule has 0 saturated carbocycles. The second kappa shape index (κ2) is 7.07. The predicted molar refractivity (Wildman–Crippen MR) is 78.9 cm³/mol. The zero-order chi connectivity index (χ0) is 13.8. The summed E-state index contributed by atoms with van der Waals surface area (Å²) >= 11 is 0. The second-order valence-electron chi connectivity index (χ2n) is 4.43. The number of carbonyl (C=O) groups is 1. The van der Waals surface area contributed by atoms with Crippen LogP contribution in [-0.4, -0.2) is 17.6 Å². The molecule has 2 rings (SSSR count). The normalized spacial score (nSPS) is 11.6. The fraction of sp³-hybridized carbons (Fsp3) is 0.286. The van der Waals surface area contributed by atoms with Crippen molar-refractivity contribution >= 4 is 18.3 Å². The fourth-order valence-corrected chi connectivity index (χ4v) is 1.92. The summed E-state index contributed by atoms with van der Waals surface area (Å²) in [6.45, 7) is 3.82. The van der Waals surface area contributed by atoms with Crippen LogP contribution in [0.1, 0.15) is 33.4 Å². The molecular formula is C14H18ClN3O2. The highest BCUT2D eigenvalue weighted by Gasteiger charge is 2.17. The maximum atomic E-state index is 12.0. The third-order valence-electron chi connectivity index (χ3n) is 2.97. The molecule has 1 heterocycles. The lowest BCUT2D eigenvalue weighted by atomic mass is 10.1. The minimum atomic E-state index is -0.231. The van der Waals surface area contributed by atoms with Gasteiger partial charge in [0, 0.05) is 12.6 Å². The number of nitrogens with zero attached hydrogens (tertiary/aromatic N) is 1. The summed E-state index contributed by atoms with van der Waals surface area (Å²) in [6, 6.07) is 9.42. The molecule has 1 aromatic carbocycles. The monoisotopic (exact) mass is 295 g/mol. The second-order valence-corrected chi connectivity index (χ2v) is 4.43. The number of hydrogen-bond acceptors (Lipinski definition) is 4. The van der Waals surface area contributed by atoms with Crippen LogP contribution < -0.4 is 11.1 Å². The molecule has 0 aliphatic carbocycles. The minimum absolute atomic E-state index is 0. The van der Waals surface area contributed by atoms with E-state index in [-0.39, 0.29) is 24.4 Å². The third kappa shape index (κ3) is 3.59. The number of benzene rings is 1. The van der Waals surface area contributed by atoms with Gasteiger partial charge in [0.05, 0.1) is 5.69 Å². The summed E-state index contributed by atoms with van der Waals surface area (Å²) < 4.78 is 4.97. The Labute approximate surface area is 123 Å². The van der Waals surface area contributed by atoms with Crippen LogP contribution in [0, 0.1) is 13.8 Å². The van der Waals surface area contributed by atoms with E-state index in [1.165, 1.54) is 0 Å². The van der Waals surface area contributed by atoms with Crippen LogP contribution in [-0.2, 0) is 0 Å². The van der Waals surface area contributed by atoms with Crippen molar-refractivity contribution < 1.29 is 9.32 Å². The molecule has 108 valence electrons. The van der Waals surface area contributed by atoms with E-state index in [1.54, 1.807) is 13.8 Å². The number of aromatic nitrogens is 1. The molecule has 0 fully saturated rings. The Morgan fingerprint density at radius 2 is 2.00 bits per heavy atom. The summed E-state index contributed by atoms with van der Waals surface area (Å²) in [6.07, 6.45) is 0. The van der Waals surface area contributed by atoms with Gasteiger partial charge < -0.3 is 15.6 Å². The molecular weight excluding hydrogens is 278 g/mol. The van der Waals surface area contributed by atoms with Gasteiger partial charge in [-0.05, 0) is 19.4 Å². The molecule has 0 aliphatic heterocycles. The molecule has 0 saturated heterocycles. The number of nitrogens with one attached hydrogen (secondary N) is 1. The zero-order valence-corrected chi connectivity index (χ0v) is 12.2. The molecule has 1 atom stereocenters. The topological polar surface area (TPSA) is 81.2 Å². The molecule has 0 aliphatic rings. The van der Waals surface area contributed by atoms with E-state index < -0.39 is 0 Å². The number of halogens is 1. The van der Waals surface area contributed by atoms with Crippen molar-refractivity contribution in [2.75, 3.05) is 6.54 Å². The Morgan fingerprint density at radius 1 is 1.35 bits per heavy atom. The molecule has 3 N–H and O–H groups in total. The molecule has 1 unspecified atom stereocenters. The van der Waals surface area contributed by atoms with Gasteiger partial charge in [-0.2, -0.15) is 0 Å². The molecule has 0 spiro atoms. The smallest absolute Gasteiger partial charge is 0.256 e. The van der Waals surface area contributed by atoms with Crippen LogP contribution in [0.25, 0.3) is 0 Å². The molecule has 2 aromatic rings. The first kappa shape index (κ1) is 16.2. The van der Waals surface area contributed by atoms with Crippen LogP contribution in [0.3, 0.4) is 0 Å². The predicted octanol–water partition coefficient (Wildman–Crippen LogP) is 2.14. The van der Waals surface area contributed by atoms with Crippen molar-refractivity contribution in [1.82, 2.24) is 10.5 Å². The van der Waals surface area contributed by atoms with Crippen LogP contribution in [0.15, 0.2) is 34.9 Å². The summed E-state index contributed by atoms with van der Waals surface area (Å²) in [5.74, 6) is 0.311. The lowest BCUT2D eigenvalue weighted by Gasteiger charge is -2.12. The number of aryl methyl sites for hydroxylation is 2. The van der Waals surface area contributed by atoms with Crippen LogP contribution >= 0.6 is 12.4 Å². The van der Waals surface area contributed by atoms with Crippen molar-refractivity contribution in [3.63, 3.8) is 0 Å².